The topological polar surface area (TPSA) is 58.6 Å². The molecule has 3 rings (SSSR count). The smallest absolute Gasteiger partial charge is 0.223 e. The molecule has 2 aromatic carbocycles. The molecule has 1 unspecified atom stereocenters. The zero-order chi connectivity index (χ0) is 20.1. The summed E-state index contributed by atoms with van der Waals surface area (Å²) in [5, 5.41) is 3.36. The van der Waals surface area contributed by atoms with Crippen molar-refractivity contribution in [2.24, 2.45) is 0 Å². The van der Waals surface area contributed by atoms with Crippen LogP contribution >= 0.6 is 12.4 Å². The standard InChI is InChI=1S/C23H28N2O3.ClH/c1-16-8-9-17(2)19(14-16)21(26)10-11-23(27)25-13-12-24-15-20(25)18-6-4-5-7-22(18)28-3;/h4-9,14,20,24H,10-13,15H2,1-3H3;1H. The molecule has 1 amide bonds. The third kappa shape index (κ3) is 5.37. The highest BCUT2D eigenvalue weighted by Gasteiger charge is 2.29. The molecular formula is C23H29ClN2O3. The lowest BCUT2D eigenvalue weighted by Crippen LogP contribution is -2.48. The molecule has 5 nitrogen and oxygen atoms in total. The van der Waals surface area contributed by atoms with Crippen molar-refractivity contribution in [2.75, 3.05) is 26.7 Å². The Morgan fingerprint density at radius 3 is 2.66 bits per heavy atom. The van der Waals surface area contributed by atoms with Crippen LogP contribution in [0.1, 0.15) is 45.9 Å². The second kappa shape index (κ2) is 10.4. The Morgan fingerprint density at radius 1 is 1.14 bits per heavy atom. The van der Waals surface area contributed by atoms with Crippen LogP contribution in [0.4, 0.5) is 0 Å². The number of nitrogens with zero attached hydrogens (tertiary/aromatic N) is 1. The number of Topliss-reactive ketones (excluding diaryl/α,β-unsaturated/α-hetero) is 1. The summed E-state index contributed by atoms with van der Waals surface area (Å²) < 4.78 is 5.49. The number of halogens is 1. The van der Waals surface area contributed by atoms with Crippen LogP contribution in [0.15, 0.2) is 42.5 Å². The zero-order valence-electron chi connectivity index (χ0n) is 17.2. The molecule has 1 N–H and O–H groups in total. The van der Waals surface area contributed by atoms with Gasteiger partial charge in [0, 0.05) is 43.6 Å². The van der Waals surface area contributed by atoms with E-state index in [4.69, 9.17) is 4.74 Å². The normalized spacial score (nSPS) is 16.1. The van der Waals surface area contributed by atoms with E-state index in [1.54, 1.807) is 7.11 Å². The zero-order valence-corrected chi connectivity index (χ0v) is 18.1. The third-order valence-corrected chi connectivity index (χ3v) is 5.32. The molecule has 0 bridgehead atoms. The fourth-order valence-electron chi connectivity index (χ4n) is 3.76. The van der Waals surface area contributed by atoms with Gasteiger partial charge < -0.3 is 15.0 Å². The summed E-state index contributed by atoms with van der Waals surface area (Å²) in [6, 6.07) is 13.6. The number of piperazine rings is 1. The van der Waals surface area contributed by atoms with Gasteiger partial charge in [-0.15, -0.1) is 12.4 Å². The van der Waals surface area contributed by atoms with E-state index in [0.717, 1.165) is 34.5 Å². The largest absolute Gasteiger partial charge is 0.496 e. The first-order chi connectivity index (χ1) is 13.5. The highest BCUT2D eigenvalue weighted by atomic mass is 35.5. The van der Waals surface area contributed by atoms with Crippen molar-refractivity contribution < 1.29 is 14.3 Å². The summed E-state index contributed by atoms with van der Waals surface area (Å²) in [5.74, 6) is 0.815. The molecule has 0 aromatic heterocycles. The van der Waals surface area contributed by atoms with Crippen LogP contribution in [0.25, 0.3) is 0 Å². The molecule has 6 heteroatoms. The van der Waals surface area contributed by atoms with E-state index in [-0.39, 0.29) is 43.0 Å². The summed E-state index contributed by atoms with van der Waals surface area (Å²) in [7, 11) is 1.64. The Balaban J connectivity index is 0.00000300. The van der Waals surface area contributed by atoms with Crippen molar-refractivity contribution in [1.29, 1.82) is 0 Å². The minimum Gasteiger partial charge on any atom is -0.496 e. The molecule has 1 heterocycles. The maximum absolute atomic E-state index is 13.0. The Morgan fingerprint density at radius 2 is 1.90 bits per heavy atom. The van der Waals surface area contributed by atoms with Gasteiger partial charge in [-0.2, -0.15) is 0 Å². The van der Waals surface area contributed by atoms with E-state index in [1.165, 1.54) is 0 Å². The number of para-hydroxylation sites is 1. The number of benzene rings is 2. The number of rotatable bonds is 6. The number of methoxy groups -OCH3 is 1. The van der Waals surface area contributed by atoms with E-state index in [0.29, 0.717) is 13.1 Å². The van der Waals surface area contributed by atoms with Gasteiger partial charge in [0.25, 0.3) is 0 Å². The molecule has 1 saturated heterocycles. The van der Waals surface area contributed by atoms with E-state index in [2.05, 4.69) is 5.32 Å². The van der Waals surface area contributed by atoms with E-state index in [1.807, 2.05) is 61.2 Å². The van der Waals surface area contributed by atoms with Gasteiger partial charge in [0.2, 0.25) is 5.91 Å². The number of aryl methyl sites for hydroxylation is 2. The van der Waals surface area contributed by atoms with E-state index < -0.39 is 0 Å². The van der Waals surface area contributed by atoms with Gasteiger partial charge in [-0.1, -0.05) is 35.9 Å². The quantitative estimate of drug-likeness (QED) is 0.726. The Bertz CT molecular complexity index is 869. The van der Waals surface area contributed by atoms with E-state index in [9.17, 15) is 9.59 Å². The van der Waals surface area contributed by atoms with Gasteiger partial charge >= 0.3 is 0 Å². The molecule has 1 aliphatic heterocycles. The van der Waals surface area contributed by atoms with Crippen LogP contribution in [0.5, 0.6) is 5.75 Å². The molecule has 156 valence electrons. The maximum atomic E-state index is 13.0. The molecule has 2 aromatic rings. The predicted molar refractivity (Wildman–Crippen MR) is 117 cm³/mol. The van der Waals surface area contributed by atoms with Crippen molar-refractivity contribution >= 4 is 24.1 Å². The molecule has 1 atom stereocenters. The van der Waals surface area contributed by atoms with Crippen molar-refractivity contribution in [1.82, 2.24) is 10.2 Å². The first-order valence-corrected chi connectivity index (χ1v) is 9.75. The number of carbonyl (C=O) groups excluding carboxylic acids is 2. The number of amides is 1. The first-order valence-electron chi connectivity index (χ1n) is 9.75. The van der Waals surface area contributed by atoms with Crippen molar-refractivity contribution in [3.63, 3.8) is 0 Å². The predicted octanol–water partition coefficient (Wildman–Crippen LogP) is 3.87. The molecule has 1 fully saturated rings. The Kier molecular flexibility index (Phi) is 8.23. The molecule has 0 radical (unpaired) electrons. The first kappa shape index (κ1) is 22.9. The summed E-state index contributed by atoms with van der Waals surface area (Å²) in [6.45, 7) is 5.96. The summed E-state index contributed by atoms with van der Waals surface area (Å²) in [4.78, 5) is 27.5. The van der Waals surface area contributed by atoms with Gasteiger partial charge in [-0.3, -0.25) is 9.59 Å². The number of hydrogen-bond acceptors (Lipinski definition) is 4. The van der Waals surface area contributed by atoms with Crippen LogP contribution in [0.3, 0.4) is 0 Å². The van der Waals surface area contributed by atoms with E-state index >= 15 is 0 Å². The third-order valence-electron chi connectivity index (χ3n) is 5.32. The van der Waals surface area contributed by atoms with Crippen molar-refractivity contribution in [3.8, 4) is 5.75 Å². The summed E-state index contributed by atoms with van der Waals surface area (Å²) in [5.41, 5.74) is 3.72. The highest BCUT2D eigenvalue weighted by molar-refractivity contribution is 5.99. The Labute approximate surface area is 178 Å². The fourth-order valence-corrected chi connectivity index (χ4v) is 3.76. The van der Waals surface area contributed by atoms with Crippen LogP contribution in [0.2, 0.25) is 0 Å². The minimum absolute atomic E-state index is 0. The second-order valence-corrected chi connectivity index (χ2v) is 7.29. The number of ketones is 1. The average molecular weight is 417 g/mol. The lowest BCUT2D eigenvalue weighted by molar-refractivity contribution is -0.134. The monoisotopic (exact) mass is 416 g/mol. The highest BCUT2D eigenvalue weighted by Crippen LogP contribution is 2.30. The number of hydrogen-bond donors (Lipinski definition) is 1. The SMILES string of the molecule is COc1ccccc1C1CNCCN1C(=O)CCC(=O)c1cc(C)ccc1C.Cl. The summed E-state index contributed by atoms with van der Waals surface area (Å²) in [6.07, 6.45) is 0.448. The lowest BCUT2D eigenvalue weighted by atomic mass is 9.98. The molecule has 1 aliphatic rings. The van der Waals surface area contributed by atoms with Crippen LogP contribution in [-0.2, 0) is 4.79 Å². The van der Waals surface area contributed by atoms with Crippen molar-refractivity contribution in [2.45, 2.75) is 32.7 Å². The molecule has 0 aliphatic carbocycles. The van der Waals surface area contributed by atoms with Crippen LogP contribution in [-0.4, -0.2) is 43.3 Å². The molecule has 29 heavy (non-hydrogen) atoms. The van der Waals surface area contributed by atoms with Gasteiger partial charge in [-0.05, 0) is 31.5 Å². The minimum atomic E-state index is -0.0896. The fraction of sp³-hybridized carbons (Fsp3) is 0.391. The number of carbonyl (C=O) groups is 2. The molecular weight excluding hydrogens is 388 g/mol. The molecule has 0 spiro atoms. The van der Waals surface area contributed by atoms with Gasteiger partial charge in [0.1, 0.15) is 5.75 Å². The van der Waals surface area contributed by atoms with Crippen LogP contribution < -0.4 is 10.1 Å². The lowest BCUT2D eigenvalue weighted by Gasteiger charge is -2.37. The average Bonchev–Trinajstić information content (AvgIpc) is 2.73. The van der Waals surface area contributed by atoms with Gasteiger partial charge in [0.15, 0.2) is 5.78 Å². The van der Waals surface area contributed by atoms with Gasteiger partial charge in [-0.25, -0.2) is 0 Å². The Hall–Kier alpha value is -2.37. The maximum Gasteiger partial charge on any atom is 0.223 e. The van der Waals surface area contributed by atoms with Gasteiger partial charge in [0.05, 0.1) is 13.2 Å². The van der Waals surface area contributed by atoms with Crippen LogP contribution in [0, 0.1) is 13.8 Å². The number of nitrogens with one attached hydrogen (secondary N) is 1. The molecule has 0 saturated carbocycles. The second-order valence-electron chi connectivity index (χ2n) is 7.29. The number of ether oxygens (including phenoxy) is 1. The van der Waals surface area contributed by atoms with Crippen molar-refractivity contribution in [3.05, 3.63) is 64.7 Å². The summed E-state index contributed by atoms with van der Waals surface area (Å²) >= 11 is 0.